The Bertz CT molecular complexity index is 434. The highest BCUT2D eigenvalue weighted by Gasteiger charge is 2.22. The number of amides is 1. The summed E-state index contributed by atoms with van der Waals surface area (Å²) in [7, 11) is 0. The topological polar surface area (TPSA) is 41.6 Å². The van der Waals surface area contributed by atoms with Crippen molar-refractivity contribution in [3.63, 3.8) is 0 Å². The van der Waals surface area contributed by atoms with E-state index >= 15 is 0 Å². The fourth-order valence-electron chi connectivity index (χ4n) is 2.59. The van der Waals surface area contributed by atoms with Gasteiger partial charge in [-0.3, -0.25) is 4.79 Å². The van der Waals surface area contributed by atoms with E-state index in [-0.39, 0.29) is 18.1 Å². The van der Waals surface area contributed by atoms with Crippen LogP contribution in [0.25, 0.3) is 0 Å². The number of carbonyl (C=O) groups is 1. The lowest BCUT2D eigenvalue weighted by molar-refractivity contribution is -0.116. The van der Waals surface area contributed by atoms with Crippen molar-refractivity contribution in [1.29, 1.82) is 0 Å². The molecule has 0 aromatic heterocycles. The number of hydrogen-bond donors (Lipinski definition) is 1. The van der Waals surface area contributed by atoms with Crippen molar-refractivity contribution >= 4 is 17.3 Å². The third-order valence-corrected chi connectivity index (χ3v) is 3.41. The summed E-state index contributed by atoms with van der Waals surface area (Å²) in [6.07, 6.45) is 1.94. The van der Waals surface area contributed by atoms with Crippen LogP contribution in [0.15, 0.2) is 24.3 Å². The zero-order chi connectivity index (χ0) is 14.5. The van der Waals surface area contributed by atoms with E-state index in [1.54, 1.807) is 0 Å². The molecule has 1 aromatic carbocycles. The van der Waals surface area contributed by atoms with E-state index in [1.807, 2.05) is 19.1 Å². The van der Waals surface area contributed by atoms with Crippen molar-refractivity contribution in [2.45, 2.75) is 45.8 Å². The number of anilines is 2. The Morgan fingerprint density at radius 1 is 1.25 bits per heavy atom. The van der Waals surface area contributed by atoms with Crippen molar-refractivity contribution in [2.75, 3.05) is 23.3 Å². The predicted octanol–water partition coefficient (Wildman–Crippen LogP) is 3.04. The molecule has 2 atom stereocenters. The summed E-state index contributed by atoms with van der Waals surface area (Å²) in [6.45, 7) is 8.02. The Morgan fingerprint density at radius 2 is 1.85 bits per heavy atom. The van der Waals surface area contributed by atoms with Crippen molar-refractivity contribution in [3.8, 4) is 0 Å². The number of nitrogens with one attached hydrogen (secondary N) is 1. The number of nitrogens with zero attached hydrogens (tertiary/aromatic N) is 1. The van der Waals surface area contributed by atoms with Gasteiger partial charge < -0.3 is 15.0 Å². The van der Waals surface area contributed by atoms with Crippen LogP contribution < -0.4 is 10.2 Å². The molecule has 0 saturated carbocycles. The number of ether oxygens (including phenoxy) is 1. The lowest BCUT2D eigenvalue weighted by Gasteiger charge is -2.36. The molecule has 1 aliphatic heterocycles. The van der Waals surface area contributed by atoms with E-state index in [1.165, 1.54) is 5.69 Å². The van der Waals surface area contributed by atoms with Crippen molar-refractivity contribution < 1.29 is 9.53 Å². The molecule has 1 aromatic rings. The van der Waals surface area contributed by atoms with Gasteiger partial charge >= 0.3 is 0 Å². The van der Waals surface area contributed by atoms with Gasteiger partial charge in [-0.1, -0.05) is 6.92 Å². The molecule has 20 heavy (non-hydrogen) atoms. The van der Waals surface area contributed by atoms with Crippen LogP contribution in [0.2, 0.25) is 0 Å². The van der Waals surface area contributed by atoms with Crippen LogP contribution in [-0.2, 0) is 9.53 Å². The molecule has 4 heteroatoms. The molecule has 1 fully saturated rings. The van der Waals surface area contributed by atoms with E-state index in [0.717, 1.165) is 25.2 Å². The Kier molecular flexibility index (Phi) is 5.01. The fourth-order valence-corrected chi connectivity index (χ4v) is 2.59. The van der Waals surface area contributed by atoms with Crippen molar-refractivity contribution in [2.24, 2.45) is 0 Å². The van der Waals surface area contributed by atoms with Crippen molar-refractivity contribution in [1.82, 2.24) is 0 Å². The average molecular weight is 276 g/mol. The van der Waals surface area contributed by atoms with Crippen LogP contribution in [0.3, 0.4) is 0 Å². The highest BCUT2D eigenvalue weighted by molar-refractivity contribution is 5.90. The Labute approximate surface area is 121 Å². The summed E-state index contributed by atoms with van der Waals surface area (Å²) in [5.41, 5.74) is 2.04. The van der Waals surface area contributed by atoms with Gasteiger partial charge in [-0.2, -0.15) is 0 Å². The number of carbonyl (C=O) groups excluding carboxylic acids is 1. The SMILES string of the molecule is CCCC(=O)Nc1ccc(N2C[C@@H](C)O[C@H](C)C2)cc1. The molecule has 2 rings (SSSR count). The van der Waals surface area contributed by atoms with Crippen LogP contribution >= 0.6 is 0 Å². The van der Waals surface area contributed by atoms with E-state index in [9.17, 15) is 4.79 Å². The van der Waals surface area contributed by atoms with Crippen LogP contribution in [0.4, 0.5) is 11.4 Å². The molecule has 1 amide bonds. The molecule has 4 nitrogen and oxygen atoms in total. The largest absolute Gasteiger partial charge is 0.372 e. The lowest BCUT2D eigenvalue weighted by atomic mass is 10.2. The first-order valence-corrected chi connectivity index (χ1v) is 7.38. The summed E-state index contributed by atoms with van der Waals surface area (Å²) >= 11 is 0. The normalized spacial score (nSPS) is 22.6. The number of rotatable bonds is 4. The summed E-state index contributed by atoms with van der Waals surface area (Å²) in [6, 6.07) is 8.06. The Hall–Kier alpha value is -1.55. The van der Waals surface area contributed by atoms with Crippen LogP contribution in [0.5, 0.6) is 0 Å². The molecule has 110 valence electrons. The summed E-state index contributed by atoms with van der Waals surface area (Å²) in [5, 5.41) is 2.91. The first-order valence-electron chi connectivity index (χ1n) is 7.38. The van der Waals surface area contributed by atoms with E-state index in [4.69, 9.17) is 4.74 Å². The third-order valence-electron chi connectivity index (χ3n) is 3.41. The molecule has 1 aliphatic rings. The predicted molar refractivity (Wildman–Crippen MR) is 82.2 cm³/mol. The summed E-state index contributed by atoms with van der Waals surface area (Å²) < 4.78 is 5.74. The monoisotopic (exact) mass is 276 g/mol. The first kappa shape index (κ1) is 14.9. The van der Waals surface area contributed by atoms with Crippen LogP contribution in [0.1, 0.15) is 33.6 Å². The van der Waals surface area contributed by atoms with Crippen molar-refractivity contribution in [3.05, 3.63) is 24.3 Å². The summed E-state index contributed by atoms with van der Waals surface area (Å²) in [4.78, 5) is 13.9. The zero-order valence-electron chi connectivity index (χ0n) is 12.6. The minimum absolute atomic E-state index is 0.0777. The first-order chi connectivity index (χ1) is 9.58. The van der Waals surface area contributed by atoms with E-state index < -0.39 is 0 Å². The smallest absolute Gasteiger partial charge is 0.224 e. The van der Waals surface area contributed by atoms with Gasteiger partial charge in [0.15, 0.2) is 0 Å². The quantitative estimate of drug-likeness (QED) is 0.919. The second-order valence-corrected chi connectivity index (χ2v) is 5.51. The minimum Gasteiger partial charge on any atom is -0.372 e. The van der Waals surface area contributed by atoms with Crippen LogP contribution in [0, 0.1) is 0 Å². The van der Waals surface area contributed by atoms with Gasteiger partial charge in [0.1, 0.15) is 0 Å². The molecular formula is C16H24N2O2. The van der Waals surface area contributed by atoms with Gasteiger partial charge in [-0.25, -0.2) is 0 Å². The zero-order valence-corrected chi connectivity index (χ0v) is 12.6. The van der Waals surface area contributed by atoms with Gasteiger partial charge in [-0.05, 0) is 44.5 Å². The van der Waals surface area contributed by atoms with E-state index in [0.29, 0.717) is 6.42 Å². The summed E-state index contributed by atoms with van der Waals surface area (Å²) in [5.74, 6) is 0.0777. The second-order valence-electron chi connectivity index (χ2n) is 5.51. The number of benzene rings is 1. The number of morpholine rings is 1. The lowest BCUT2D eigenvalue weighted by Crippen LogP contribution is -2.45. The molecule has 1 heterocycles. The molecule has 0 aliphatic carbocycles. The van der Waals surface area contributed by atoms with Gasteiger partial charge in [0.05, 0.1) is 12.2 Å². The van der Waals surface area contributed by atoms with Gasteiger partial charge in [-0.15, -0.1) is 0 Å². The molecule has 0 radical (unpaired) electrons. The maximum Gasteiger partial charge on any atom is 0.224 e. The molecule has 0 unspecified atom stereocenters. The third kappa shape index (κ3) is 3.97. The van der Waals surface area contributed by atoms with Gasteiger partial charge in [0.25, 0.3) is 0 Å². The van der Waals surface area contributed by atoms with Crippen LogP contribution in [-0.4, -0.2) is 31.2 Å². The maximum atomic E-state index is 11.5. The molecule has 0 bridgehead atoms. The standard InChI is InChI=1S/C16H24N2O2/c1-4-5-16(19)17-14-6-8-15(9-7-14)18-10-12(2)20-13(3)11-18/h6-9,12-13H,4-5,10-11H2,1-3H3,(H,17,19)/t12-,13-/m1/s1. The molecule has 0 spiro atoms. The van der Waals surface area contributed by atoms with E-state index in [2.05, 4.69) is 36.2 Å². The highest BCUT2D eigenvalue weighted by Crippen LogP contribution is 2.22. The Morgan fingerprint density at radius 3 is 2.40 bits per heavy atom. The second kappa shape index (κ2) is 6.75. The highest BCUT2D eigenvalue weighted by atomic mass is 16.5. The maximum absolute atomic E-state index is 11.5. The molecule has 1 saturated heterocycles. The minimum atomic E-state index is 0.0777. The Balaban J connectivity index is 1.99. The molecule has 1 N–H and O–H groups in total. The average Bonchev–Trinajstić information content (AvgIpc) is 2.38. The van der Waals surface area contributed by atoms with Gasteiger partial charge in [0, 0.05) is 30.9 Å². The fraction of sp³-hybridized carbons (Fsp3) is 0.562. The number of hydrogen-bond acceptors (Lipinski definition) is 3. The van der Waals surface area contributed by atoms with Gasteiger partial charge in [0.2, 0.25) is 5.91 Å². The molecular weight excluding hydrogens is 252 g/mol.